The summed E-state index contributed by atoms with van der Waals surface area (Å²) in [4.78, 5) is 31.5. The number of aliphatic imine (C=N–C) groups is 1. The summed E-state index contributed by atoms with van der Waals surface area (Å²) in [6.45, 7) is 10.6. The summed E-state index contributed by atoms with van der Waals surface area (Å²) in [5, 5.41) is 15.4. The first-order valence-corrected chi connectivity index (χ1v) is 13.7. The van der Waals surface area contributed by atoms with Crippen LogP contribution >= 0.6 is 11.8 Å². The molecule has 1 aromatic carbocycles. The summed E-state index contributed by atoms with van der Waals surface area (Å²) in [5.74, 6) is -0.0518. The number of hydrogen-bond donors (Lipinski definition) is 1. The number of amidine groups is 2. The van der Waals surface area contributed by atoms with Gasteiger partial charge in [-0.15, -0.1) is 0 Å². The van der Waals surface area contributed by atoms with Gasteiger partial charge in [0.1, 0.15) is 5.04 Å². The Kier molecular flexibility index (Phi) is 7.36. The van der Waals surface area contributed by atoms with Crippen LogP contribution < -0.4 is 0 Å². The number of fused-ring (bicyclic) bond motifs is 1. The monoisotopic (exact) mass is 532 g/mol. The van der Waals surface area contributed by atoms with Crippen LogP contribution in [0.25, 0.3) is 11.8 Å². The third-order valence-corrected chi connectivity index (χ3v) is 8.17. The Labute approximate surface area is 226 Å². The van der Waals surface area contributed by atoms with Crippen molar-refractivity contribution in [1.82, 2.24) is 14.5 Å². The van der Waals surface area contributed by atoms with Crippen LogP contribution in [0, 0.1) is 19.3 Å². The van der Waals surface area contributed by atoms with Crippen LogP contribution in [0.1, 0.15) is 55.1 Å². The van der Waals surface area contributed by atoms with Gasteiger partial charge in [0, 0.05) is 30.2 Å². The van der Waals surface area contributed by atoms with Crippen LogP contribution in [0.3, 0.4) is 0 Å². The molecule has 1 aromatic heterocycles. The molecule has 1 atom stereocenters. The molecule has 3 aliphatic heterocycles. The highest BCUT2D eigenvalue weighted by Gasteiger charge is 2.36. The first-order valence-electron chi connectivity index (χ1n) is 12.9. The average molecular weight is 533 g/mol. The van der Waals surface area contributed by atoms with Crippen LogP contribution in [0.5, 0.6) is 0 Å². The van der Waals surface area contributed by atoms with Gasteiger partial charge in [-0.1, -0.05) is 26.0 Å². The number of amides is 2. The number of hydrazone groups is 1. The second-order valence-corrected chi connectivity index (χ2v) is 10.8. The molecule has 0 saturated carbocycles. The van der Waals surface area contributed by atoms with E-state index >= 15 is 0 Å². The molecule has 2 amide bonds. The second-order valence-electron chi connectivity index (χ2n) is 9.75. The number of nitrogens with one attached hydrogen (secondary N) is 1. The third-order valence-electron chi connectivity index (χ3n) is 7.27. The number of aryl methyl sites for hydroxylation is 1. The number of nitrogens with zero attached hydrogens (tertiary/aromatic N) is 5. The topological polar surface area (TPSA) is 103 Å². The number of benzene rings is 1. The second kappa shape index (κ2) is 10.7. The Hall–Kier alpha value is -3.50. The number of morpholine rings is 1. The smallest absolute Gasteiger partial charge is 0.283 e. The van der Waals surface area contributed by atoms with Crippen LogP contribution in [0.2, 0.25) is 0 Å². The number of carbonyl (C=O) groups is 2. The largest absolute Gasteiger partial charge is 0.378 e. The Bertz CT molecular complexity index is 1380. The molecule has 10 heteroatoms. The highest BCUT2D eigenvalue weighted by Crippen LogP contribution is 2.31. The Balaban J connectivity index is 1.37. The normalized spacial score (nSPS) is 19.5. The van der Waals surface area contributed by atoms with Crippen molar-refractivity contribution in [1.29, 1.82) is 5.41 Å². The van der Waals surface area contributed by atoms with Gasteiger partial charge in [-0.25, -0.2) is 0 Å². The number of ether oxygens (including phenoxy) is 1. The molecular formula is C28H32N6O3S. The van der Waals surface area contributed by atoms with Crippen molar-refractivity contribution in [2.45, 2.75) is 46.5 Å². The van der Waals surface area contributed by atoms with Gasteiger partial charge < -0.3 is 14.2 Å². The van der Waals surface area contributed by atoms with Gasteiger partial charge in [0.05, 0.1) is 25.2 Å². The number of thioether (sulfide) groups is 1. The maximum absolute atomic E-state index is 12.9. The molecule has 1 fully saturated rings. The Morgan fingerprint density at radius 2 is 1.92 bits per heavy atom. The summed E-state index contributed by atoms with van der Waals surface area (Å²) in [5.41, 5.74) is 5.38. The molecule has 0 unspecified atom stereocenters. The molecule has 0 spiro atoms. The van der Waals surface area contributed by atoms with Crippen molar-refractivity contribution in [2.75, 3.05) is 26.3 Å². The average Bonchev–Trinajstić information content (AvgIpc) is 3.45. The zero-order chi connectivity index (χ0) is 27.0. The van der Waals surface area contributed by atoms with Gasteiger partial charge in [-0.2, -0.15) is 15.1 Å². The van der Waals surface area contributed by atoms with Crippen LogP contribution in [-0.4, -0.2) is 68.6 Å². The van der Waals surface area contributed by atoms with Gasteiger partial charge in [-0.05, 0) is 73.4 Å². The van der Waals surface area contributed by atoms with Crippen molar-refractivity contribution in [3.8, 4) is 5.69 Å². The van der Waals surface area contributed by atoms with Gasteiger partial charge >= 0.3 is 0 Å². The molecule has 1 N–H and O–H groups in total. The van der Waals surface area contributed by atoms with E-state index in [9.17, 15) is 9.59 Å². The predicted molar refractivity (Wildman–Crippen MR) is 151 cm³/mol. The molecule has 5 rings (SSSR count). The summed E-state index contributed by atoms with van der Waals surface area (Å²) in [7, 11) is 0. The minimum Gasteiger partial charge on any atom is -0.378 e. The quantitative estimate of drug-likeness (QED) is 0.553. The minimum atomic E-state index is -0.479. The van der Waals surface area contributed by atoms with E-state index in [1.165, 1.54) is 22.3 Å². The van der Waals surface area contributed by atoms with E-state index in [0.717, 1.165) is 29.1 Å². The van der Waals surface area contributed by atoms with E-state index in [4.69, 9.17) is 10.1 Å². The SMILES string of the molecule is CC[C@@H](C)c1ccc(-n2c(C)cc(/C=C3\C(=N)N4N=C(CC(=O)N5CCOCC5)SC4=NC3=O)c2C)cc1. The van der Waals surface area contributed by atoms with E-state index < -0.39 is 5.91 Å². The molecule has 0 aliphatic carbocycles. The van der Waals surface area contributed by atoms with Crippen molar-refractivity contribution in [3.05, 3.63) is 58.4 Å². The highest BCUT2D eigenvalue weighted by molar-refractivity contribution is 8.27. The molecule has 1 saturated heterocycles. The lowest BCUT2D eigenvalue weighted by molar-refractivity contribution is -0.133. The molecule has 0 radical (unpaired) electrons. The number of aromatic nitrogens is 1. The fourth-order valence-corrected chi connectivity index (χ4v) is 5.71. The maximum atomic E-state index is 12.9. The van der Waals surface area contributed by atoms with Crippen LogP contribution in [-0.2, 0) is 14.3 Å². The molecule has 198 valence electrons. The Morgan fingerprint density at radius 1 is 1.21 bits per heavy atom. The van der Waals surface area contributed by atoms with Crippen LogP contribution in [0.15, 0.2) is 46.0 Å². The standard InChI is InChI=1S/C28H32N6O3S/c1-5-17(2)20-6-8-22(9-7-20)33-18(3)14-21(19(33)4)15-23-26(29)34-28(30-27(23)36)38-24(31-34)16-25(35)32-10-12-37-13-11-32/h6-9,14-15,17,29H,5,10-13,16H2,1-4H3/b23-15+,29-26?/t17-/m1/s1. The maximum Gasteiger partial charge on any atom is 0.283 e. The molecule has 2 aromatic rings. The van der Waals surface area contributed by atoms with Crippen LogP contribution in [0.4, 0.5) is 0 Å². The summed E-state index contributed by atoms with van der Waals surface area (Å²) < 4.78 is 7.46. The molecule has 3 aliphatic rings. The zero-order valence-corrected chi connectivity index (χ0v) is 23.0. The number of hydrogen-bond acceptors (Lipinski definition) is 6. The lowest BCUT2D eigenvalue weighted by Gasteiger charge is -2.26. The van der Waals surface area contributed by atoms with E-state index in [0.29, 0.717) is 42.4 Å². The highest BCUT2D eigenvalue weighted by atomic mass is 32.2. The van der Waals surface area contributed by atoms with Gasteiger partial charge in [0.15, 0.2) is 5.84 Å². The number of carbonyl (C=O) groups excluding carboxylic acids is 2. The Morgan fingerprint density at radius 3 is 2.61 bits per heavy atom. The van der Waals surface area contributed by atoms with Crippen molar-refractivity contribution in [3.63, 3.8) is 0 Å². The molecule has 4 heterocycles. The van der Waals surface area contributed by atoms with Gasteiger partial charge in [-0.3, -0.25) is 15.0 Å². The van der Waals surface area contributed by atoms with Gasteiger partial charge in [0.2, 0.25) is 11.1 Å². The van der Waals surface area contributed by atoms with E-state index in [2.05, 4.69) is 52.8 Å². The van der Waals surface area contributed by atoms with E-state index in [1.807, 2.05) is 19.9 Å². The van der Waals surface area contributed by atoms with Crippen molar-refractivity contribution >= 4 is 45.7 Å². The fraction of sp³-hybridized carbons (Fsp3) is 0.393. The number of rotatable bonds is 6. The van der Waals surface area contributed by atoms with E-state index in [-0.39, 0.29) is 23.7 Å². The van der Waals surface area contributed by atoms with Crippen molar-refractivity contribution < 1.29 is 14.3 Å². The molecule has 38 heavy (non-hydrogen) atoms. The zero-order valence-electron chi connectivity index (χ0n) is 22.2. The molecular weight excluding hydrogens is 500 g/mol. The third kappa shape index (κ3) is 4.98. The lowest BCUT2D eigenvalue weighted by Crippen LogP contribution is -2.41. The summed E-state index contributed by atoms with van der Waals surface area (Å²) >= 11 is 1.17. The molecule has 9 nitrogen and oxygen atoms in total. The summed E-state index contributed by atoms with van der Waals surface area (Å²) in [6.07, 6.45) is 2.92. The predicted octanol–water partition coefficient (Wildman–Crippen LogP) is 4.48. The van der Waals surface area contributed by atoms with Gasteiger partial charge in [0.25, 0.3) is 5.91 Å². The minimum absolute atomic E-state index is 0.0379. The van der Waals surface area contributed by atoms with Crippen molar-refractivity contribution in [2.24, 2.45) is 10.1 Å². The van der Waals surface area contributed by atoms with E-state index in [1.54, 1.807) is 11.0 Å². The summed E-state index contributed by atoms with van der Waals surface area (Å²) in [6, 6.07) is 10.6. The lowest BCUT2D eigenvalue weighted by atomic mass is 9.98. The fourth-order valence-electron chi connectivity index (χ4n) is 4.83. The first kappa shape index (κ1) is 26.1. The first-order chi connectivity index (χ1) is 18.3. The molecule has 0 bridgehead atoms.